The molecule has 0 aromatic heterocycles. The Morgan fingerprint density at radius 1 is 1.44 bits per heavy atom. The molecule has 0 bridgehead atoms. The number of esters is 1. The Hall–Kier alpha value is -1.58. The number of carboxylic acids is 1. The molecule has 2 rings (SSSR count). The Balaban J connectivity index is 2.19. The van der Waals surface area contributed by atoms with Gasteiger partial charge in [-0.25, -0.2) is 4.79 Å². The van der Waals surface area contributed by atoms with Crippen LogP contribution in [0.3, 0.4) is 0 Å². The zero-order valence-electron chi connectivity index (χ0n) is 14.7. The molecule has 25 heavy (non-hydrogen) atoms. The van der Waals surface area contributed by atoms with Gasteiger partial charge in [0.1, 0.15) is 17.7 Å². The first-order valence-corrected chi connectivity index (χ1v) is 9.28. The second kappa shape index (κ2) is 8.20. The highest BCUT2D eigenvalue weighted by atomic mass is 32.2. The third-order valence-electron chi connectivity index (χ3n) is 4.25. The molecule has 1 amide bonds. The summed E-state index contributed by atoms with van der Waals surface area (Å²) in [6.45, 7) is 3.83. The highest BCUT2D eigenvalue weighted by molar-refractivity contribution is 8.00. The lowest BCUT2D eigenvalue weighted by Gasteiger charge is -2.56. The highest BCUT2D eigenvalue weighted by Gasteiger charge is 2.65. The number of β-lactam (4-membered cyclic amide) rings is 1. The smallest absolute Gasteiger partial charge is 0.352 e. The van der Waals surface area contributed by atoms with Crippen molar-refractivity contribution in [1.29, 1.82) is 0 Å². The summed E-state index contributed by atoms with van der Waals surface area (Å²) in [6, 6.07) is 0. The molecule has 1 fully saturated rings. The van der Waals surface area contributed by atoms with Crippen LogP contribution in [0.2, 0.25) is 0 Å². The lowest BCUT2D eigenvalue weighted by Crippen LogP contribution is -2.80. The van der Waals surface area contributed by atoms with E-state index in [4.69, 9.17) is 9.47 Å². The third-order valence-corrected chi connectivity index (χ3v) is 5.63. The Kier molecular flexibility index (Phi) is 6.47. The molecule has 0 radical (unpaired) electrons. The van der Waals surface area contributed by atoms with Gasteiger partial charge in [0.2, 0.25) is 5.72 Å². The zero-order chi connectivity index (χ0) is 18.6. The monoisotopic (exact) mass is 372 g/mol. The molecule has 9 heteroatoms. The maximum Gasteiger partial charge on any atom is 0.352 e. The van der Waals surface area contributed by atoms with Crippen LogP contribution < -0.4 is 5.32 Å². The molecule has 0 spiro atoms. The van der Waals surface area contributed by atoms with Crippen molar-refractivity contribution >= 4 is 29.6 Å². The van der Waals surface area contributed by atoms with E-state index >= 15 is 0 Å². The zero-order valence-corrected chi connectivity index (χ0v) is 15.5. The summed E-state index contributed by atoms with van der Waals surface area (Å²) >= 11 is 1.40. The van der Waals surface area contributed by atoms with Crippen molar-refractivity contribution in [3.8, 4) is 0 Å². The average molecular weight is 372 g/mol. The largest absolute Gasteiger partial charge is 0.477 e. The summed E-state index contributed by atoms with van der Waals surface area (Å²) in [6.07, 6.45) is 3.01. The van der Waals surface area contributed by atoms with Crippen LogP contribution in [0, 0.1) is 0 Å². The number of hydrogen-bond acceptors (Lipinski definition) is 7. The number of ether oxygens (including phenoxy) is 2. The third kappa shape index (κ3) is 3.68. The van der Waals surface area contributed by atoms with Gasteiger partial charge in [-0.1, -0.05) is 19.8 Å². The number of hydrogen-bond donors (Lipinski definition) is 2. The number of fused-ring (bicyclic) bond motifs is 1. The summed E-state index contributed by atoms with van der Waals surface area (Å²) in [7, 11) is 1.45. The lowest BCUT2D eigenvalue weighted by atomic mass is 9.98. The van der Waals surface area contributed by atoms with E-state index < -0.39 is 28.9 Å². The fourth-order valence-corrected chi connectivity index (χ4v) is 4.41. The molecule has 0 aromatic rings. The molecule has 140 valence electrons. The predicted octanol–water partition coefficient (Wildman–Crippen LogP) is 0.926. The molecule has 2 N–H and O–H groups in total. The van der Waals surface area contributed by atoms with E-state index in [0.717, 1.165) is 19.3 Å². The molecule has 2 aliphatic rings. The molecule has 0 unspecified atom stereocenters. The molecule has 2 heterocycles. The van der Waals surface area contributed by atoms with Gasteiger partial charge in [-0.15, -0.1) is 11.8 Å². The van der Waals surface area contributed by atoms with Crippen molar-refractivity contribution in [3.05, 3.63) is 11.3 Å². The Labute approximate surface area is 150 Å². The summed E-state index contributed by atoms with van der Waals surface area (Å²) in [5.41, 5.74) is -0.905. The van der Waals surface area contributed by atoms with Crippen LogP contribution in [0.15, 0.2) is 11.3 Å². The summed E-state index contributed by atoms with van der Waals surface area (Å²) in [5.74, 6) is -1.79. The second-order valence-corrected chi connectivity index (χ2v) is 7.02. The number of aliphatic carboxylic acids is 1. The van der Waals surface area contributed by atoms with Gasteiger partial charge in [-0.2, -0.15) is 0 Å². The minimum Gasteiger partial charge on any atom is -0.477 e. The number of nitrogens with zero attached hydrogens (tertiary/aromatic N) is 1. The topological polar surface area (TPSA) is 105 Å². The molecule has 8 nitrogen and oxygen atoms in total. The number of rotatable bonds is 9. The van der Waals surface area contributed by atoms with E-state index in [1.807, 2.05) is 0 Å². The minimum atomic E-state index is -1.21. The van der Waals surface area contributed by atoms with Crippen molar-refractivity contribution < 1.29 is 29.0 Å². The minimum absolute atomic E-state index is 0.113. The van der Waals surface area contributed by atoms with E-state index in [0.29, 0.717) is 17.9 Å². The molecule has 0 aliphatic carbocycles. The van der Waals surface area contributed by atoms with E-state index in [1.54, 1.807) is 0 Å². The van der Waals surface area contributed by atoms with Crippen molar-refractivity contribution in [2.75, 3.05) is 26.0 Å². The van der Waals surface area contributed by atoms with Gasteiger partial charge in [0, 0.05) is 25.4 Å². The van der Waals surface area contributed by atoms with Crippen molar-refractivity contribution in [2.24, 2.45) is 0 Å². The van der Waals surface area contributed by atoms with Crippen LogP contribution in [-0.2, 0) is 23.9 Å². The van der Waals surface area contributed by atoms with Crippen LogP contribution in [0.1, 0.15) is 33.1 Å². The Morgan fingerprint density at radius 3 is 2.72 bits per heavy atom. The van der Waals surface area contributed by atoms with Gasteiger partial charge in [-0.05, 0) is 13.0 Å². The van der Waals surface area contributed by atoms with E-state index in [-0.39, 0.29) is 12.3 Å². The summed E-state index contributed by atoms with van der Waals surface area (Å²) in [5, 5.41) is 12.2. The van der Waals surface area contributed by atoms with Crippen LogP contribution in [0.25, 0.3) is 0 Å². The summed E-state index contributed by atoms with van der Waals surface area (Å²) < 4.78 is 10.4. The standard InChI is InChI=1S/C16H24N2O6S/c1-4-5-6-7-17-16(23-3)14(22)18-12(13(20)21)11(8-24-10(2)19)9-25-15(16)18/h15,17H,4-9H2,1-3H3,(H,20,21)/t15-,16-/m1/s1. The van der Waals surface area contributed by atoms with E-state index in [9.17, 15) is 19.5 Å². The fourth-order valence-electron chi connectivity index (χ4n) is 2.96. The normalized spacial score (nSPS) is 25.5. The maximum absolute atomic E-state index is 12.7. The van der Waals surface area contributed by atoms with Gasteiger partial charge < -0.3 is 14.6 Å². The molecule has 1 saturated heterocycles. The summed E-state index contributed by atoms with van der Waals surface area (Å²) in [4.78, 5) is 36.6. The van der Waals surface area contributed by atoms with Crippen LogP contribution >= 0.6 is 11.8 Å². The SMILES string of the molecule is CCCCCN[C@@]1(OC)C(=O)N2C(C(=O)O)=C(COC(C)=O)CS[C@@H]21. The van der Waals surface area contributed by atoms with Crippen LogP contribution in [-0.4, -0.2) is 65.0 Å². The molecule has 2 atom stereocenters. The van der Waals surface area contributed by atoms with Gasteiger partial charge in [0.05, 0.1) is 0 Å². The predicted molar refractivity (Wildman–Crippen MR) is 91.7 cm³/mol. The van der Waals surface area contributed by atoms with E-state index in [1.165, 1.54) is 30.7 Å². The molecule has 0 aromatic carbocycles. The second-order valence-electron chi connectivity index (χ2n) is 5.95. The number of methoxy groups -OCH3 is 1. The number of thioether (sulfide) groups is 1. The van der Waals surface area contributed by atoms with Gasteiger partial charge >= 0.3 is 11.9 Å². The number of carbonyl (C=O) groups is 3. The lowest BCUT2D eigenvalue weighted by molar-refractivity contribution is -0.191. The Morgan fingerprint density at radius 2 is 2.16 bits per heavy atom. The first kappa shape index (κ1) is 19.7. The quantitative estimate of drug-likeness (QED) is 0.266. The highest BCUT2D eigenvalue weighted by Crippen LogP contribution is 2.46. The van der Waals surface area contributed by atoms with Crippen LogP contribution in [0.5, 0.6) is 0 Å². The number of carboxylic acid groups (broad SMARTS) is 1. The molecule has 2 aliphatic heterocycles. The number of unbranched alkanes of at least 4 members (excludes halogenated alkanes) is 2. The number of amides is 1. The van der Waals surface area contributed by atoms with Gasteiger partial charge in [0.25, 0.3) is 5.91 Å². The van der Waals surface area contributed by atoms with Crippen molar-refractivity contribution in [2.45, 2.75) is 44.2 Å². The van der Waals surface area contributed by atoms with Crippen LogP contribution in [0.4, 0.5) is 0 Å². The van der Waals surface area contributed by atoms with Gasteiger partial charge in [-0.3, -0.25) is 19.8 Å². The van der Waals surface area contributed by atoms with Crippen molar-refractivity contribution in [1.82, 2.24) is 10.2 Å². The number of carbonyl (C=O) groups excluding carboxylic acids is 2. The first-order valence-electron chi connectivity index (χ1n) is 8.23. The first-order chi connectivity index (χ1) is 11.9. The number of nitrogens with one attached hydrogen (secondary N) is 1. The maximum atomic E-state index is 12.7. The molecular weight excluding hydrogens is 348 g/mol. The molecule has 0 saturated carbocycles. The van der Waals surface area contributed by atoms with Crippen molar-refractivity contribution in [3.63, 3.8) is 0 Å². The van der Waals surface area contributed by atoms with E-state index in [2.05, 4.69) is 12.2 Å². The fraction of sp³-hybridized carbons (Fsp3) is 0.688. The Bertz CT molecular complexity index is 593. The molecular formula is C16H24N2O6S. The average Bonchev–Trinajstić information content (AvgIpc) is 2.58. The van der Waals surface area contributed by atoms with Gasteiger partial charge in [0.15, 0.2) is 0 Å².